The standard InChI is InChI=1S/C37H48N8O5/c1-2-11-24-23-31(45-30(40-24)19-21-39-45)41-25-15-16-26(22-25)42-32(46)14-8-6-4-3-5-7-9-20-38-28-13-10-12-27-34(28)37(50)44(36(27)49)29-17-18-33(47)43-35(29)48/h10,12-13,19,21,23,25-26,29,38,41H,2-9,11,14-18,20,22H2,1H3,(H,42,46)(H,43,47,48). The summed E-state index contributed by atoms with van der Waals surface area (Å²) in [6, 6.07) is 8.64. The summed E-state index contributed by atoms with van der Waals surface area (Å²) in [5.41, 5.74) is 3.07. The Hall–Kier alpha value is -4.81. The molecule has 1 aliphatic carbocycles. The summed E-state index contributed by atoms with van der Waals surface area (Å²) in [6.45, 7) is 2.81. The van der Waals surface area contributed by atoms with Crippen LogP contribution in [0.3, 0.4) is 0 Å². The van der Waals surface area contributed by atoms with E-state index in [1.54, 1.807) is 24.4 Å². The van der Waals surface area contributed by atoms with Crippen LogP contribution in [-0.2, 0) is 20.8 Å². The van der Waals surface area contributed by atoms with Crippen LogP contribution in [0.2, 0.25) is 0 Å². The Morgan fingerprint density at radius 3 is 2.52 bits per heavy atom. The lowest BCUT2D eigenvalue weighted by Crippen LogP contribution is -2.54. The third kappa shape index (κ3) is 8.14. The van der Waals surface area contributed by atoms with Gasteiger partial charge in [0.1, 0.15) is 11.9 Å². The van der Waals surface area contributed by atoms with E-state index < -0.39 is 29.7 Å². The number of unbranched alkanes of at least 4 members (excludes halogenated alkanes) is 6. The van der Waals surface area contributed by atoms with Gasteiger partial charge in [0.05, 0.1) is 17.3 Å². The van der Waals surface area contributed by atoms with Gasteiger partial charge in [-0.25, -0.2) is 4.98 Å². The molecule has 1 saturated heterocycles. The molecule has 13 nitrogen and oxygen atoms in total. The summed E-state index contributed by atoms with van der Waals surface area (Å²) in [5.74, 6) is -0.906. The first-order valence-electron chi connectivity index (χ1n) is 18.3. The maximum Gasteiger partial charge on any atom is 0.264 e. The number of benzene rings is 1. The molecule has 0 radical (unpaired) electrons. The number of hydrogen-bond donors (Lipinski definition) is 4. The average molecular weight is 685 g/mol. The largest absolute Gasteiger partial charge is 0.384 e. The van der Waals surface area contributed by atoms with Gasteiger partial charge in [0, 0.05) is 55.0 Å². The summed E-state index contributed by atoms with van der Waals surface area (Å²) in [4.78, 5) is 68.5. The van der Waals surface area contributed by atoms with Crippen LogP contribution in [0.5, 0.6) is 0 Å². The number of aryl methyl sites for hydroxylation is 1. The van der Waals surface area contributed by atoms with Gasteiger partial charge in [-0.05, 0) is 57.1 Å². The molecule has 3 aromatic rings. The van der Waals surface area contributed by atoms with Gasteiger partial charge in [0.25, 0.3) is 11.8 Å². The van der Waals surface area contributed by atoms with Gasteiger partial charge in [-0.1, -0.05) is 51.5 Å². The number of piperidine rings is 1. The van der Waals surface area contributed by atoms with Crippen molar-refractivity contribution < 1.29 is 24.0 Å². The topological polar surface area (TPSA) is 167 Å². The number of aromatic nitrogens is 3. The highest BCUT2D eigenvalue weighted by Crippen LogP contribution is 2.32. The third-order valence-corrected chi connectivity index (χ3v) is 9.93. The number of carbonyl (C=O) groups excluding carboxylic acids is 5. The minimum atomic E-state index is -0.974. The summed E-state index contributed by atoms with van der Waals surface area (Å²) in [6.07, 6.45) is 14.5. The van der Waals surface area contributed by atoms with Crippen molar-refractivity contribution in [2.45, 2.75) is 121 Å². The molecule has 2 aliphatic heterocycles. The molecule has 3 atom stereocenters. The van der Waals surface area contributed by atoms with E-state index in [4.69, 9.17) is 0 Å². The smallest absolute Gasteiger partial charge is 0.264 e. The van der Waals surface area contributed by atoms with Gasteiger partial charge < -0.3 is 16.0 Å². The Bertz CT molecular complexity index is 1740. The van der Waals surface area contributed by atoms with Gasteiger partial charge in [-0.15, -0.1) is 0 Å². The van der Waals surface area contributed by atoms with E-state index in [2.05, 4.69) is 44.3 Å². The van der Waals surface area contributed by atoms with Crippen molar-refractivity contribution in [1.82, 2.24) is 30.1 Å². The number of amides is 5. The SMILES string of the molecule is CCCc1cc(NC2CCC(NC(=O)CCCCCCCCCNc3cccc4c3C(=O)N(C3CCC(=O)NC3=O)C4=O)C2)n2nccc2n1. The van der Waals surface area contributed by atoms with Gasteiger partial charge in [-0.3, -0.25) is 34.2 Å². The molecule has 0 bridgehead atoms. The van der Waals surface area contributed by atoms with Crippen LogP contribution in [0.25, 0.3) is 5.65 Å². The first kappa shape index (κ1) is 35.0. The van der Waals surface area contributed by atoms with E-state index in [1.165, 1.54) is 0 Å². The first-order chi connectivity index (χ1) is 24.3. The molecular formula is C37H48N8O5. The zero-order valence-electron chi connectivity index (χ0n) is 28.8. The normalized spacial score (nSPS) is 20.3. The van der Waals surface area contributed by atoms with Crippen LogP contribution in [0.15, 0.2) is 36.5 Å². The summed E-state index contributed by atoms with van der Waals surface area (Å²) in [7, 11) is 0. The second-order valence-corrected chi connectivity index (χ2v) is 13.7. The highest BCUT2D eigenvalue weighted by atomic mass is 16.2. The Morgan fingerprint density at radius 1 is 0.940 bits per heavy atom. The maximum absolute atomic E-state index is 13.2. The Kier molecular flexibility index (Phi) is 11.4. The molecule has 266 valence electrons. The Labute approximate surface area is 292 Å². The van der Waals surface area contributed by atoms with Gasteiger partial charge in [0.2, 0.25) is 17.7 Å². The van der Waals surface area contributed by atoms with Crippen LogP contribution in [0.1, 0.15) is 123 Å². The predicted octanol–water partition coefficient (Wildman–Crippen LogP) is 4.77. The molecule has 50 heavy (non-hydrogen) atoms. The van der Waals surface area contributed by atoms with Crippen molar-refractivity contribution in [2.75, 3.05) is 17.2 Å². The predicted molar refractivity (Wildman–Crippen MR) is 189 cm³/mol. The van der Waals surface area contributed by atoms with Gasteiger partial charge in [-0.2, -0.15) is 9.61 Å². The number of hydrogen-bond acceptors (Lipinski definition) is 9. The lowest BCUT2D eigenvalue weighted by atomic mass is 10.0. The van der Waals surface area contributed by atoms with Crippen molar-refractivity contribution in [3.8, 4) is 0 Å². The molecule has 2 aromatic heterocycles. The first-order valence-corrected chi connectivity index (χ1v) is 18.3. The monoisotopic (exact) mass is 684 g/mol. The summed E-state index contributed by atoms with van der Waals surface area (Å²) < 4.78 is 1.85. The fraction of sp³-hybridized carbons (Fsp3) is 0.541. The van der Waals surface area contributed by atoms with Crippen molar-refractivity contribution in [3.63, 3.8) is 0 Å². The van der Waals surface area contributed by atoms with Crippen LogP contribution >= 0.6 is 0 Å². The Morgan fingerprint density at radius 2 is 1.72 bits per heavy atom. The number of nitrogens with zero attached hydrogens (tertiary/aromatic N) is 4. The second-order valence-electron chi connectivity index (χ2n) is 13.7. The van der Waals surface area contributed by atoms with E-state index in [9.17, 15) is 24.0 Å². The third-order valence-electron chi connectivity index (χ3n) is 9.93. The number of rotatable bonds is 17. The number of imide groups is 2. The van der Waals surface area contributed by atoms with Crippen LogP contribution < -0.4 is 21.3 Å². The number of carbonyl (C=O) groups is 5. The van der Waals surface area contributed by atoms with E-state index >= 15 is 0 Å². The molecule has 0 spiro atoms. The van der Waals surface area contributed by atoms with E-state index in [0.717, 1.165) is 99.1 Å². The highest BCUT2D eigenvalue weighted by molar-refractivity contribution is 6.25. The fourth-order valence-electron chi connectivity index (χ4n) is 7.38. The van der Waals surface area contributed by atoms with Crippen LogP contribution in [0, 0.1) is 0 Å². The van der Waals surface area contributed by atoms with Crippen molar-refractivity contribution in [1.29, 1.82) is 0 Å². The zero-order valence-corrected chi connectivity index (χ0v) is 28.8. The highest BCUT2D eigenvalue weighted by Gasteiger charge is 2.45. The molecule has 3 unspecified atom stereocenters. The fourth-order valence-corrected chi connectivity index (χ4v) is 7.38. The average Bonchev–Trinajstić information content (AvgIpc) is 3.81. The van der Waals surface area contributed by atoms with Gasteiger partial charge in [0.15, 0.2) is 5.65 Å². The molecule has 4 N–H and O–H groups in total. The van der Waals surface area contributed by atoms with Gasteiger partial charge >= 0.3 is 0 Å². The summed E-state index contributed by atoms with van der Waals surface area (Å²) in [5, 5.41) is 16.9. The number of fused-ring (bicyclic) bond motifs is 2. The van der Waals surface area contributed by atoms with Crippen LogP contribution in [-0.4, -0.2) is 73.7 Å². The molecule has 4 heterocycles. The second kappa shape index (κ2) is 16.3. The van der Waals surface area contributed by atoms with E-state index in [-0.39, 0.29) is 42.0 Å². The van der Waals surface area contributed by atoms with Crippen molar-refractivity contribution >= 4 is 46.7 Å². The molecule has 3 aliphatic rings. The molecule has 13 heteroatoms. The van der Waals surface area contributed by atoms with Crippen LogP contribution in [0.4, 0.5) is 11.5 Å². The minimum absolute atomic E-state index is 0.0917. The van der Waals surface area contributed by atoms with E-state index in [0.29, 0.717) is 18.7 Å². The zero-order chi connectivity index (χ0) is 35.0. The summed E-state index contributed by atoms with van der Waals surface area (Å²) >= 11 is 0. The molecule has 1 saturated carbocycles. The molecule has 6 rings (SSSR count). The van der Waals surface area contributed by atoms with Crippen molar-refractivity contribution in [3.05, 3.63) is 53.3 Å². The maximum atomic E-state index is 13.2. The molecule has 2 fully saturated rings. The number of anilines is 2. The molecule has 5 amide bonds. The number of nitrogens with one attached hydrogen (secondary N) is 4. The minimum Gasteiger partial charge on any atom is -0.384 e. The lowest BCUT2D eigenvalue weighted by Gasteiger charge is -2.27. The molecule has 1 aromatic carbocycles. The Balaban J connectivity index is 0.829. The van der Waals surface area contributed by atoms with E-state index in [1.807, 2.05) is 10.6 Å². The molecular weight excluding hydrogens is 636 g/mol. The lowest BCUT2D eigenvalue weighted by molar-refractivity contribution is -0.136. The quantitative estimate of drug-likeness (QED) is 0.116. The van der Waals surface area contributed by atoms with Crippen molar-refractivity contribution in [2.24, 2.45) is 0 Å².